The number of anilines is 1. The number of phenolic OH excluding ortho intramolecular Hbond substituents is 1. The number of hydrogen-bond acceptors (Lipinski definition) is 7. The van der Waals surface area contributed by atoms with E-state index in [1.165, 1.54) is 24.3 Å². The van der Waals surface area contributed by atoms with Gasteiger partial charge in [-0.15, -0.1) is 0 Å². The minimum absolute atomic E-state index is 0.0484. The van der Waals surface area contributed by atoms with Crippen molar-refractivity contribution < 1.29 is 38.0 Å². The molecule has 12 heteroatoms. The summed E-state index contributed by atoms with van der Waals surface area (Å²) in [5.41, 5.74) is -0.500. The number of carboxylic acid groups (broad SMARTS) is 1. The Labute approximate surface area is 153 Å². The maximum Gasteiger partial charge on any atom is 0.404 e. The smallest absolute Gasteiger partial charge is 0.404 e. The van der Waals surface area contributed by atoms with Crippen LogP contribution in [0.4, 0.5) is 14.9 Å². The van der Waals surface area contributed by atoms with Crippen LogP contribution in [0.1, 0.15) is 0 Å². The van der Waals surface area contributed by atoms with E-state index in [-0.39, 0.29) is 23.9 Å². The first-order valence-corrected chi connectivity index (χ1v) is 9.11. The Morgan fingerprint density at radius 3 is 2.74 bits per heavy atom. The summed E-state index contributed by atoms with van der Waals surface area (Å²) in [5.74, 6) is -1.90. The van der Waals surface area contributed by atoms with Crippen LogP contribution >= 0.6 is 11.0 Å². The second-order valence-electron chi connectivity index (χ2n) is 5.60. The van der Waals surface area contributed by atoms with Crippen LogP contribution < -0.4 is 19.1 Å². The van der Waals surface area contributed by atoms with Crippen molar-refractivity contribution >= 4 is 39.4 Å². The number of nitrogens with one attached hydrogen (secondary N) is 2. The molecule has 0 atom stereocenters. The molecule has 0 spiro atoms. The lowest BCUT2D eigenvalue weighted by atomic mass is 10.1. The monoisotopic (exact) mass is 401 g/mol. The molecule has 3 rings (SSSR count). The zero-order valence-corrected chi connectivity index (χ0v) is 14.5. The molecule has 1 aliphatic rings. The Bertz CT molecular complexity index is 924. The van der Waals surface area contributed by atoms with Gasteiger partial charge in [-0.1, -0.05) is 0 Å². The molecule has 1 heterocycles. The molecule has 0 saturated carbocycles. The van der Waals surface area contributed by atoms with Crippen molar-refractivity contribution in [3.63, 3.8) is 0 Å². The fourth-order valence-electron chi connectivity index (χ4n) is 2.64. The first-order chi connectivity index (χ1) is 12.7. The fraction of sp³-hybridized carbons (Fsp3) is 0.200. The molecule has 0 unspecified atom stereocenters. The first-order valence-electron chi connectivity index (χ1n) is 7.60. The Morgan fingerprint density at radius 1 is 1.37 bits per heavy atom. The Kier molecular flexibility index (Phi) is 4.87. The van der Waals surface area contributed by atoms with Crippen molar-refractivity contribution in [1.82, 2.24) is 10.0 Å². The first kappa shape index (κ1) is 18.8. The Hall–Kier alpha value is -2.96. The van der Waals surface area contributed by atoms with Crippen LogP contribution in [-0.2, 0) is 4.79 Å². The number of amides is 2. The van der Waals surface area contributed by atoms with Crippen molar-refractivity contribution in [3.05, 3.63) is 30.1 Å². The summed E-state index contributed by atoms with van der Waals surface area (Å²) in [6, 6.07) is 5.45. The summed E-state index contributed by atoms with van der Waals surface area (Å²) in [7, 11) is -3.78. The van der Waals surface area contributed by atoms with E-state index in [2.05, 4.69) is 5.32 Å². The average Bonchev–Trinajstić information content (AvgIpc) is 2.83. The quantitative estimate of drug-likeness (QED) is 0.415. The van der Waals surface area contributed by atoms with Crippen molar-refractivity contribution in [1.29, 1.82) is 0 Å². The van der Waals surface area contributed by atoms with Gasteiger partial charge in [-0.25, -0.2) is 18.2 Å². The molecule has 1 aliphatic heterocycles. The molecule has 2 aromatic rings. The number of nitrogens with zero attached hydrogens (tertiary/aromatic N) is 1. The van der Waals surface area contributed by atoms with Gasteiger partial charge in [0.25, 0.3) is 5.91 Å². The predicted octanol–water partition coefficient (Wildman–Crippen LogP) is 1.85. The van der Waals surface area contributed by atoms with Crippen LogP contribution in [0.3, 0.4) is 0 Å². The maximum absolute atomic E-state index is 14.9. The standard InChI is InChI=1S/C15H16FN3O7S/c16-13-10-2-1-9(26-4-3-17-15(22)23)5-8(10)6-11(20)14(13)19-7-12(21)18-27(19,24)25/h1-2,5-6,17,20,24-25H,3-4,7H2,(H,18,21)(H,22,23). The summed E-state index contributed by atoms with van der Waals surface area (Å²) in [5, 5.41) is 21.1. The SMILES string of the molecule is O=C(O)NCCOc1ccc2c(F)c(N3CC(=O)NS3(O)O)c(O)cc2c1. The zero-order chi connectivity index (χ0) is 19.8. The summed E-state index contributed by atoms with van der Waals surface area (Å²) in [6.07, 6.45) is -1.18. The van der Waals surface area contributed by atoms with E-state index in [1.807, 2.05) is 4.72 Å². The van der Waals surface area contributed by atoms with Crippen molar-refractivity contribution in [2.24, 2.45) is 0 Å². The largest absolute Gasteiger partial charge is 0.506 e. The van der Waals surface area contributed by atoms with Crippen molar-refractivity contribution in [3.8, 4) is 11.5 Å². The molecule has 0 bridgehead atoms. The van der Waals surface area contributed by atoms with Gasteiger partial charge >= 0.3 is 6.09 Å². The topological polar surface area (TPSA) is 152 Å². The van der Waals surface area contributed by atoms with E-state index >= 15 is 0 Å². The zero-order valence-electron chi connectivity index (χ0n) is 13.7. The molecule has 27 heavy (non-hydrogen) atoms. The predicted molar refractivity (Wildman–Crippen MR) is 95.4 cm³/mol. The molecule has 6 N–H and O–H groups in total. The van der Waals surface area contributed by atoms with Gasteiger partial charge in [-0.05, 0) is 40.6 Å². The third kappa shape index (κ3) is 3.77. The van der Waals surface area contributed by atoms with Crippen molar-refractivity contribution in [2.75, 3.05) is 24.0 Å². The third-order valence-electron chi connectivity index (χ3n) is 3.74. The van der Waals surface area contributed by atoms with Gasteiger partial charge in [0.05, 0.1) is 6.54 Å². The summed E-state index contributed by atoms with van der Waals surface area (Å²) in [4.78, 5) is 21.8. The number of hydrogen-bond donors (Lipinski definition) is 6. The van der Waals surface area contributed by atoms with E-state index < -0.39 is 46.8 Å². The molecular formula is C15H16FN3O7S. The van der Waals surface area contributed by atoms with Crippen LogP contribution in [0, 0.1) is 5.82 Å². The van der Waals surface area contributed by atoms with Gasteiger partial charge in [-0.2, -0.15) is 0 Å². The van der Waals surface area contributed by atoms with Gasteiger partial charge in [0.15, 0.2) is 5.82 Å². The number of carbonyl (C=O) groups is 2. The minimum atomic E-state index is -3.78. The average molecular weight is 401 g/mol. The van der Waals surface area contributed by atoms with E-state index in [4.69, 9.17) is 9.84 Å². The summed E-state index contributed by atoms with van der Waals surface area (Å²) >= 11 is 0. The molecule has 1 saturated heterocycles. The van der Waals surface area contributed by atoms with Gasteiger partial charge < -0.3 is 20.3 Å². The number of ether oxygens (including phenoxy) is 1. The fourth-order valence-corrected chi connectivity index (χ4v) is 3.84. The second kappa shape index (κ2) is 6.98. The summed E-state index contributed by atoms with van der Waals surface area (Å²) in [6.45, 7) is -0.414. The van der Waals surface area contributed by atoms with Gasteiger partial charge in [0.1, 0.15) is 30.3 Å². The lowest BCUT2D eigenvalue weighted by Gasteiger charge is -2.36. The number of halogens is 1. The number of aromatic hydroxyl groups is 1. The molecule has 146 valence electrons. The van der Waals surface area contributed by atoms with Gasteiger partial charge in [0.2, 0.25) is 0 Å². The highest BCUT2D eigenvalue weighted by molar-refractivity contribution is 8.24. The molecule has 10 nitrogen and oxygen atoms in total. The van der Waals surface area contributed by atoms with E-state index in [9.17, 15) is 28.2 Å². The highest BCUT2D eigenvalue weighted by atomic mass is 32.3. The summed E-state index contributed by atoms with van der Waals surface area (Å²) < 4.78 is 42.7. The number of fused-ring (bicyclic) bond motifs is 1. The number of benzene rings is 2. The molecule has 1 fully saturated rings. The molecule has 2 aromatic carbocycles. The second-order valence-corrected chi connectivity index (χ2v) is 7.28. The molecule has 0 radical (unpaired) electrons. The molecule has 0 aliphatic carbocycles. The van der Waals surface area contributed by atoms with Crippen LogP contribution in [0.25, 0.3) is 10.8 Å². The maximum atomic E-state index is 14.9. The number of carbonyl (C=O) groups excluding carboxylic acids is 1. The van der Waals surface area contributed by atoms with E-state index in [1.54, 1.807) is 0 Å². The lowest BCUT2D eigenvalue weighted by molar-refractivity contribution is -0.117. The van der Waals surface area contributed by atoms with E-state index in [0.29, 0.717) is 10.1 Å². The Balaban J connectivity index is 1.90. The van der Waals surface area contributed by atoms with Gasteiger partial charge in [-0.3, -0.25) is 13.9 Å². The number of rotatable bonds is 5. The minimum Gasteiger partial charge on any atom is -0.506 e. The van der Waals surface area contributed by atoms with Crippen LogP contribution in [0.15, 0.2) is 24.3 Å². The van der Waals surface area contributed by atoms with Gasteiger partial charge in [0, 0.05) is 5.39 Å². The molecule has 0 aromatic heterocycles. The van der Waals surface area contributed by atoms with Crippen molar-refractivity contribution in [2.45, 2.75) is 0 Å². The highest BCUT2D eigenvalue weighted by Crippen LogP contribution is 2.50. The number of phenols is 1. The van der Waals surface area contributed by atoms with Crippen LogP contribution in [0.5, 0.6) is 11.5 Å². The highest BCUT2D eigenvalue weighted by Gasteiger charge is 2.38. The third-order valence-corrected chi connectivity index (χ3v) is 5.17. The van der Waals surface area contributed by atoms with Crippen LogP contribution in [0.2, 0.25) is 0 Å². The lowest BCUT2D eigenvalue weighted by Crippen LogP contribution is -2.26. The Morgan fingerprint density at radius 2 is 2.11 bits per heavy atom. The van der Waals surface area contributed by atoms with Crippen LogP contribution in [-0.4, -0.2) is 51.0 Å². The van der Waals surface area contributed by atoms with E-state index in [0.717, 1.165) is 0 Å². The molecule has 2 amide bonds. The molecular weight excluding hydrogens is 385 g/mol. The normalized spacial score (nSPS) is 16.9.